The van der Waals surface area contributed by atoms with Gasteiger partial charge in [-0.3, -0.25) is 0 Å². The van der Waals surface area contributed by atoms with E-state index in [-0.39, 0.29) is 19.3 Å². The Labute approximate surface area is 86.8 Å². The van der Waals surface area contributed by atoms with E-state index in [0.717, 1.165) is 51.4 Å². The molecule has 0 bridgehead atoms. The molecule has 0 rings (SSSR count). The van der Waals surface area contributed by atoms with E-state index in [1.807, 2.05) is 0 Å². The molecular weight excluding hydrogens is 180 g/mol. The third-order valence-corrected chi connectivity index (χ3v) is 2.39. The van der Waals surface area contributed by atoms with E-state index in [0.29, 0.717) is 0 Å². The Morgan fingerprint density at radius 2 is 1.07 bits per heavy atom. The van der Waals surface area contributed by atoms with Gasteiger partial charge in [-0.25, -0.2) is 0 Å². The van der Waals surface area contributed by atoms with E-state index in [1.54, 1.807) is 0 Å². The van der Waals surface area contributed by atoms with Crippen molar-refractivity contribution in [2.24, 2.45) is 0 Å². The van der Waals surface area contributed by atoms with Crippen molar-refractivity contribution in [2.75, 3.05) is 13.2 Å². The molecule has 3 heteroatoms. The quantitative estimate of drug-likeness (QED) is 0.472. The molecule has 0 spiro atoms. The average Bonchev–Trinajstić information content (AvgIpc) is 2.19. The summed E-state index contributed by atoms with van der Waals surface area (Å²) in [6, 6.07) is 0. The van der Waals surface area contributed by atoms with Crippen LogP contribution in [0.2, 0.25) is 0 Å². The minimum absolute atomic E-state index is 0.188. The smallest absolute Gasteiger partial charge is 0.0540 e. The Hall–Kier alpha value is -0.120. The van der Waals surface area contributed by atoms with E-state index in [1.165, 1.54) is 0 Å². The second kappa shape index (κ2) is 11.0. The van der Waals surface area contributed by atoms with Crippen molar-refractivity contribution in [3.8, 4) is 0 Å². The highest BCUT2D eigenvalue weighted by Crippen LogP contribution is 2.10. The van der Waals surface area contributed by atoms with Crippen LogP contribution in [0.5, 0.6) is 0 Å². The summed E-state index contributed by atoms with van der Waals surface area (Å²) in [5.74, 6) is 0. The van der Waals surface area contributed by atoms with Gasteiger partial charge in [-0.15, -0.1) is 0 Å². The molecule has 86 valence electrons. The number of aliphatic hydroxyl groups is 3. The van der Waals surface area contributed by atoms with Crippen LogP contribution in [0, 0.1) is 0 Å². The van der Waals surface area contributed by atoms with E-state index < -0.39 is 0 Å². The van der Waals surface area contributed by atoms with Gasteiger partial charge < -0.3 is 15.3 Å². The van der Waals surface area contributed by atoms with Crippen LogP contribution in [0.4, 0.5) is 0 Å². The van der Waals surface area contributed by atoms with Crippen molar-refractivity contribution in [3.63, 3.8) is 0 Å². The molecule has 0 aliphatic rings. The number of hydrogen-bond acceptors (Lipinski definition) is 3. The lowest BCUT2D eigenvalue weighted by Gasteiger charge is -2.09. The summed E-state index contributed by atoms with van der Waals surface area (Å²) < 4.78 is 0. The SMILES string of the molecule is OCCCCCC(O)CCCCCO. The van der Waals surface area contributed by atoms with Crippen molar-refractivity contribution in [3.05, 3.63) is 0 Å². The molecule has 0 fully saturated rings. The molecule has 0 aliphatic carbocycles. The van der Waals surface area contributed by atoms with Gasteiger partial charge in [0.2, 0.25) is 0 Å². The molecule has 0 unspecified atom stereocenters. The van der Waals surface area contributed by atoms with Crippen LogP contribution in [0.3, 0.4) is 0 Å². The molecule has 3 N–H and O–H groups in total. The third-order valence-electron chi connectivity index (χ3n) is 2.39. The molecule has 3 nitrogen and oxygen atoms in total. The van der Waals surface area contributed by atoms with Crippen molar-refractivity contribution in [1.82, 2.24) is 0 Å². The molecule has 0 saturated heterocycles. The van der Waals surface area contributed by atoms with Gasteiger partial charge in [-0.05, 0) is 25.7 Å². The predicted octanol–water partition coefficient (Wildman–Crippen LogP) is 1.45. The zero-order chi connectivity index (χ0) is 10.6. The Kier molecular flexibility index (Phi) is 10.9. The largest absolute Gasteiger partial charge is 0.396 e. The fraction of sp³-hybridized carbons (Fsp3) is 1.00. The van der Waals surface area contributed by atoms with Crippen LogP contribution in [0.25, 0.3) is 0 Å². The summed E-state index contributed by atoms with van der Waals surface area (Å²) in [6.45, 7) is 0.513. The van der Waals surface area contributed by atoms with Crippen molar-refractivity contribution in [1.29, 1.82) is 0 Å². The lowest BCUT2D eigenvalue weighted by molar-refractivity contribution is 0.145. The zero-order valence-corrected chi connectivity index (χ0v) is 8.99. The van der Waals surface area contributed by atoms with Gasteiger partial charge in [-0.2, -0.15) is 0 Å². The molecule has 0 aromatic rings. The molecule has 0 radical (unpaired) electrons. The van der Waals surface area contributed by atoms with Gasteiger partial charge in [0.05, 0.1) is 6.10 Å². The summed E-state index contributed by atoms with van der Waals surface area (Å²) in [7, 11) is 0. The highest BCUT2D eigenvalue weighted by atomic mass is 16.3. The molecule has 0 aromatic carbocycles. The lowest BCUT2D eigenvalue weighted by atomic mass is 10.0. The molecule has 0 saturated carbocycles. The molecule has 0 aromatic heterocycles. The summed E-state index contributed by atoms with van der Waals surface area (Å²) in [5, 5.41) is 26.6. The van der Waals surface area contributed by atoms with Crippen molar-refractivity contribution >= 4 is 0 Å². The van der Waals surface area contributed by atoms with E-state index in [2.05, 4.69) is 0 Å². The Balaban J connectivity index is 3.07. The van der Waals surface area contributed by atoms with E-state index in [4.69, 9.17) is 10.2 Å². The zero-order valence-electron chi connectivity index (χ0n) is 8.99. The van der Waals surface area contributed by atoms with Crippen LogP contribution in [0.1, 0.15) is 51.4 Å². The molecular formula is C11H24O3. The first-order valence-corrected chi connectivity index (χ1v) is 5.71. The topological polar surface area (TPSA) is 60.7 Å². The number of rotatable bonds is 10. The normalized spacial score (nSPS) is 11.1. The first-order valence-electron chi connectivity index (χ1n) is 5.71. The monoisotopic (exact) mass is 204 g/mol. The minimum atomic E-state index is -0.188. The van der Waals surface area contributed by atoms with Crippen molar-refractivity contribution in [2.45, 2.75) is 57.5 Å². The Morgan fingerprint density at radius 3 is 1.43 bits per heavy atom. The lowest BCUT2D eigenvalue weighted by Crippen LogP contribution is -2.06. The van der Waals surface area contributed by atoms with Crippen molar-refractivity contribution < 1.29 is 15.3 Å². The summed E-state index contributed by atoms with van der Waals surface area (Å²) in [4.78, 5) is 0. The second-order valence-electron chi connectivity index (χ2n) is 3.80. The fourth-order valence-corrected chi connectivity index (χ4v) is 1.48. The van der Waals surface area contributed by atoms with Gasteiger partial charge >= 0.3 is 0 Å². The first kappa shape index (κ1) is 13.9. The number of unbranched alkanes of at least 4 members (excludes halogenated alkanes) is 4. The number of aliphatic hydroxyl groups excluding tert-OH is 3. The van der Waals surface area contributed by atoms with Gasteiger partial charge in [0.15, 0.2) is 0 Å². The predicted molar refractivity (Wildman–Crippen MR) is 57.1 cm³/mol. The third kappa shape index (κ3) is 9.96. The highest BCUT2D eigenvalue weighted by Gasteiger charge is 2.02. The average molecular weight is 204 g/mol. The molecule has 0 heterocycles. The molecule has 0 aliphatic heterocycles. The van der Waals surface area contributed by atoms with Gasteiger partial charge in [-0.1, -0.05) is 25.7 Å². The first-order chi connectivity index (χ1) is 6.81. The second-order valence-corrected chi connectivity index (χ2v) is 3.80. The van der Waals surface area contributed by atoms with Crippen LogP contribution < -0.4 is 0 Å². The van der Waals surface area contributed by atoms with Crippen LogP contribution in [0.15, 0.2) is 0 Å². The van der Waals surface area contributed by atoms with E-state index >= 15 is 0 Å². The maximum Gasteiger partial charge on any atom is 0.0540 e. The molecule has 14 heavy (non-hydrogen) atoms. The highest BCUT2D eigenvalue weighted by molar-refractivity contribution is 4.56. The maximum absolute atomic E-state index is 9.52. The number of hydrogen-bond donors (Lipinski definition) is 3. The molecule has 0 amide bonds. The summed E-state index contributed by atoms with van der Waals surface area (Å²) >= 11 is 0. The van der Waals surface area contributed by atoms with Gasteiger partial charge in [0.25, 0.3) is 0 Å². The maximum atomic E-state index is 9.52. The molecule has 0 atom stereocenters. The summed E-state index contributed by atoms with van der Waals surface area (Å²) in [6.07, 6.45) is 7.21. The van der Waals surface area contributed by atoms with Crippen LogP contribution >= 0.6 is 0 Å². The van der Waals surface area contributed by atoms with Gasteiger partial charge in [0.1, 0.15) is 0 Å². The van der Waals surface area contributed by atoms with Crippen LogP contribution in [-0.4, -0.2) is 34.6 Å². The summed E-state index contributed by atoms with van der Waals surface area (Å²) in [5.41, 5.74) is 0. The van der Waals surface area contributed by atoms with Gasteiger partial charge in [0, 0.05) is 13.2 Å². The minimum Gasteiger partial charge on any atom is -0.396 e. The Morgan fingerprint density at radius 1 is 0.643 bits per heavy atom. The standard InChI is InChI=1S/C11H24O3/c12-9-5-1-3-7-11(14)8-4-2-6-10-13/h11-14H,1-10H2. The van der Waals surface area contributed by atoms with E-state index in [9.17, 15) is 5.11 Å². The Bertz CT molecular complexity index is 94.7. The fourth-order valence-electron chi connectivity index (χ4n) is 1.48. The van der Waals surface area contributed by atoms with Crippen LogP contribution in [-0.2, 0) is 0 Å².